The SMILES string of the molecule is COc1cc([N+](=O)[O-])ccc1C1CC1C(=O)O. The molecular formula is C11H11NO5. The van der Waals surface area contributed by atoms with Gasteiger partial charge in [-0.1, -0.05) is 0 Å². The van der Waals surface area contributed by atoms with Gasteiger partial charge in [-0.05, 0) is 18.1 Å². The number of methoxy groups -OCH3 is 1. The first kappa shape index (κ1) is 11.4. The van der Waals surface area contributed by atoms with Gasteiger partial charge in [-0.15, -0.1) is 0 Å². The summed E-state index contributed by atoms with van der Waals surface area (Å²) in [5.74, 6) is -0.947. The van der Waals surface area contributed by atoms with E-state index in [0.717, 1.165) is 5.56 Å². The molecule has 1 fully saturated rings. The summed E-state index contributed by atoms with van der Waals surface area (Å²) >= 11 is 0. The summed E-state index contributed by atoms with van der Waals surface area (Å²) < 4.78 is 5.07. The third kappa shape index (κ3) is 2.06. The van der Waals surface area contributed by atoms with E-state index >= 15 is 0 Å². The average molecular weight is 237 g/mol. The van der Waals surface area contributed by atoms with Crippen LogP contribution < -0.4 is 4.74 Å². The molecule has 0 aliphatic heterocycles. The molecule has 17 heavy (non-hydrogen) atoms. The van der Waals surface area contributed by atoms with Gasteiger partial charge in [-0.25, -0.2) is 0 Å². The van der Waals surface area contributed by atoms with Gasteiger partial charge in [0, 0.05) is 12.0 Å². The number of nitro groups is 1. The molecule has 1 aromatic rings. The molecule has 90 valence electrons. The summed E-state index contributed by atoms with van der Waals surface area (Å²) in [5, 5.41) is 19.4. The van der Waals surface area contributed by atoms with Crippen molar-refractivity contribution in [3.05, 3.63) is 33.9 Å². The van der Waals surface area contributed by atoms with Gasteiger partial charge in [0.05, 0.1) is 24.0 Å². The Morgan fingerprint density at radius 3 is 2.76 bits per heavy atom. The Hall–Kier alpha value is -2.11. The molecule has 6 nitrogen and oxygen atoms in total. The first-order chi connectivity index (χ1) is 8.04. The van der Waals surface area contributed by atoms with Crippen LogP contribution in [0.15, 0.2) is 18.2 Å². The van der Waals surface area contributed by atoms with Gasteiger partial charge in [0.15, 0.2) is 0 Å². The van der Waals surface area contributed by atoms with Crippen molar-refractivity contribution in [2.24, 2.45) is 5.92 Å². The van der Waals surface area contributed by atoms with E-state index in [4.69, 9.17) is 9.84 Å². The van der Waals surface area contributed by atoms with Crippen LogP contribution in [0.2, 0.25) is 0 Å². The van der Waals surface area contributed by atoms with Crippen LogP contribution in [0.25, 0.3) is 0 Å². The quantitative estimate of drug-likeness (QED) is 0.636. The van der Waals surface area contributed by atoms with Crippen molar-refractivity contribution in [3.63, 3.8) is 0 Å². The minimum absolute atomic E-state index is 0.0573. The van der Waals surface area contributed by atoms with Gasteiger partial charge in [-0.3, -0.25) is 14.9 Å². The molecule has 1 aromatic carbocycles. The second-order valence-electron chi connectivity index (χ2n) is 3.97. The summed E-state index contributed by atoms with van der Waals surface area (Å²) in [6.07, 6.45) is 0.559. The Balaban J connectivity index is 2.30. The van der Waals surface area contributed by atoms with E-state index < -0.39 is 16.8 Å². The number of carboxylic acid groups (broad SMARTS) is 1. The normalized spacial score (nSPS) is 21.9. The minimum Gasteiger partial charge on any atom is -0.496 e. The van der Waals surface area contributed by atoms with E-state index in [9.17, 15) is 14.9 Å². The summed E-state index contributed by atoms with van der Waals surface area (Å²) in [6.45, 7) is 0. The van der Waals surface area contributed by atoms with Crippen LogP contribution in [-0.2, 0) is 4.79 Å². The van der Waals surface area contributed by atoms with E-state index in [-0.39, 0.29) is 11.6 Å². The van der Waals surface area contributed by atoms with Crippen molar-refractivity contribution in [2.75, 3.05) is 7.11 Å². The van der Waals surface area contributed by atoms with Crippen molar-refractivity contribution >= 4 is 11.7 Å². The first-order valence-electron chi connectivity index (χ1n) is 5.09. The van der Waals surface area contributed by atoms with Gasteiger partial charge in [0.2, 0.25) is 0 Å². The van der Waals surface area contributed by atoms with Crippen LogP contribution >= 0.6 is 0 Å². The number of non-ortho nitro benzene ring substituents is 1. The second-order valence-corrected chi connectivity index (χ2v) is 3.97. The topological polar surface area (TPSA) is 89.7 Å². The van der Waals surface area contributed by atoms with Crippen LogP contribution in [0, 0.1) is 16.0 Å². The molecule has 2 rings (SSSR count). The zero-order valence-electron chi connectivity index (χ0n) is 9.12. The van der Waals surface area contributed by atoms with Crippen LogP contribution in [0.1, 0.15) is 17.9 Å². The second kappa shape index (κ2) is 4.04. The molecule has 0 heterocycles. The average Bonchev–Trinajstić information content (AvgIpc) is 3.08. The lowest BCUT2D eigenvalue weighted by atomic mass is 10.1. The zero-order valence-corrected chi connectivity index (χ0v) is 9.12. The summed E-state index contributed by atoms with van der Waals surface area (Å²) in [5.41, 5.74) is 0.670. The lowest BCUT2D eigenvalue weighted by Crippen LogP contribution is -2.00. The lowest BCUT2D eigenvalue weighted by Gasteiger charge is -2.07. The van der Waals surface area contributed by atoms with Crippen LogP contribution in [0.3, 0.4) is 0 Å². The maximum atomic E-state index is 10.8. The van der Waals surface area contributed by atoms with Crippen molar-refractivity contribution in [3.8, 4) is 5.75 Å². The smallest absolute Gasteiger partial charge is 0.307 e. The van der Waals surface area contributed by atoms with E-state index in [0.29, 0.717) is 12.2 Å². The van der Waals surface area contributed by atoms with Gasteiger partial charge < -0.3 is 9.84 Å². The number of hydrogen-bond acceptors (Lipinski definition) is 4. The molecule has 2 atom stereocenters. The number of carbonyl (C=O) groups is 1. The molecule has 0 aromatic heterocycles. The molecular weight excluding hydrogens is 226 g/mol. The number of nitrogens with zero attached hydrogens (tertiary/aromatic N) is 1. The monoisotopic (exact) mass is 237 g/mol. The fraction of sp³-hybridized carbons (Fsp3) is 0.364. The Kier molecular flexibility index (Phi) is 2.71. The Morgan fingerprint density at radius 1 is 1.59 bits per heavy atom. The van der Waals surface area contributed by atoms with Crippen LogP contribution in [0.5, 0.6) is 5.75 Å². The molecule has 2 unspecified atom stereocenters. The zero-order chi connectivity index (χ0) is 12.6. The molecule has 1 aliphatic rings. The maximum absolute atomic E-state index is 10.8. The Labute approximate surface area is 97.0 Å². The number of ether oxygens (including phenoxy) is 1. The highest BCUT2D eigenvalue weighted by atomic mass is 16.6. The Morgan fingerprint density at radius 2 is 2.29 bits per heavy atom. The van der Waals surface area contributed by atoms with E-state index in [1.54, 1.807) is 6.07 Å². The third-order valence-corrected chi connectivity index (χ3v) is 2.93. The molecule has 1 aliphatic carbocycles. The number of benzene rings is 1. The number of rotatable bonds is 4. The van der Waals surface area contributed by atoms with Gasteiger partial charge in [0.1, 0.15) is 5.75 Å². The molecule has 1 N–H and O–H groups in total. The lowest BCUT2D eigenvalue weighted by molar-refractivity contribution is -0.384. The van der Waals surface area contributed by atoms with Crippen molar-refractivity contribution in [1.29, 1.82) is 0 Å². The molecule has 0 saturated heterocycles. The largest absolute Gasteiger partial charge is 0.496 e. The highest BCUT2D eigenvalue weighted by molar-refractivity contribution is 5.75. The van der Waals surface area contributed by atoms with E-state index in [2.05, 4.69) is 0 Å². The fourth-order valence-electron chi connectivity index (χ4n) is 1.93. The Bertz CT molecular complexity index is 485. The van der Waals surface area contributed by atoms with Crippen LogP contribution in [0.4, 0.5) is 5.69 Å². The fourth-order valence-corrected chi connectivity index (χ4v) is 1.93. The molecule has 0 radical (unpaired) electrons. The van der Waals surface area contributed by atoms with E-state index in [1.807, 2.05) is 0 Å². The summed E-state index contributed by atoms with van der Waals surface area (Å²) in [7, 11) is 1.42. The highest BCUT2D eigenvalue weighted by Gasteiger charge is 2.45. The third-order valence-electron chi connectivity index (χ3n) is 2.93. The summed E-state index contributed by atoms with van der Waals surface area (Å²) in [4.78, 5) is 20.9. The van der Waals surface area contributed by atoms with Gasteiger partial charge in [0.25, 0.3) is 5.69 Å². The minimum atomic E-state index is -0.838. The molecule has 1 saturated carbocycles. The van der Waals surface area contributed by atoms with Crippen molar-refractivity contribution in [2.45, 2.75) is 12.3 Å². The van der Waals surface area contributed by atoms with E-state index in [1.165, 1.54) is 19.2 Å². The van der Waals surface area contributed by atoms with Crippen molar-refractivity contribution < 1.29 is 19.6 Å². The predicted octanol–water partition coefficient (Wildman–Crippen LogP) is 1.79. The standard InChI is InChI=1S/C11H11NO5/c1-17-10-4-6(12(15)16)2-3-7(10)8-5-9(8)11(13)14/h2-4,8-9H,5H2,1H3,(H,13,14). The molecule has 6 heteroatoms. The molecule has 0 spiro atoms. The number of carboxylic acids is 1. The molecule has 0 bridgehead atoms. The first-order valence-corrected chi connectivity index (χ1v) is 5.09. The van der Waals surface area contributed by atoms with Crippen molar-refractivity contribution in [1.82, 2.24) is 0 Å². The van der Waals surface area contributed by atoms with Crippen LogP contribution in [-0.4, -0.2) is 23.1 Å². The van der Waals surface area contributed by atoms with Gasteiger partial charge >= 0.3 is 5.97 Å². The number of hydrogen-bond donors (Lipinski definition) is 1. The predicted molar refractivity (Wildman–Crippen MR) is 58.1 cm³/mol. The summed E-state index contributed by atoms with van der Waals surface area (Å²) in [6, 6.07) is 4.27. The number of nitro benzene ring substituents is 1. The highest BCUT2D eigenvalue weighted by Crippen LogP contribution is 2.50. The maximum Gasteiger partial charge on any atom is 0.307 e. The molecule has 0 amide bonds. The number of aliphatic carboxylic acids is 1. The van der Waals surface area contributed by atoms with Gasteiger partial charge in [-0.2, -0.15) is 0 Å².